The minimum atomic E-state index is -4.12. The number of hydrogen-bond donors (Lipinski definition) is 4. The summed E-state index contributed by atoms with van der Waals surface area (Å²) in [4.78, 5) is 3.49. The minimum Gasteiger partial charge on any atom is -0.497 e. The normalized spacial score (nSPS) is 15.2. The molecule has 0 aliphatic carbocycles. The number of tetrazole rings is 1. The van der Waals surface area contributed by atoms with Gasteiger partial charge < -0.3 is 25.4 Å². The summed E-state index contributed by atoms with van der Waals surface area (Å²) in [7, 11) is -0.898. The Balaban J connectivity index is 1.31. The number of piperidine rings is 1. The number of hydrogen-bond acceptors (Lipinski definition) is 9. The van der Waals surface area contributed by atoms with E-state index in [4.69, 9.17) is 25.7 Å². The van der Waals surface area contributed by atoms with E-state index in [0.29, 0.717) is 48.8 Å². The van der Waals surface area contributed by atoms with Crippen LogP contribution in [0.3, 0.4) is 0 Å². The van der Waals surface area contributed by atoms with E-state index in [2.05, 4.69) is 32.5 Å². The first-order chi connectivity index (χ1) is 25.7. The van der Waals surface area contributed by atoms with Crippen LogP contribution >= 0.6 is 0 Å². The lowest BCUT2D eigenvalue weighted by molar-refractivity contribution is 0.248. The third kappa shape index (κ3) is 8.19. The highest BCUT2D eigenvalue weighted by Gasteiger charge is 2.32. The van der Waals surface area contributed by atoms with Crippen LogP contribution in [0, 0.1) is 11.3 Å². The molecule has 0 unspecified atom stereocenters. The highest BCUT2D eigenvalue weighted by atomic mass is 32.2. The van der Waals surface area contributed by atoms with Gasteiger partial charge in [-0.05, 0) is 101 Å². The standard InChI is InChI=1S/C39H45N9O4S/c1-51-33-12-3-27(4-13-33)22-43-53(49,50)37-31(21-26-17-19-42-20-18-26)11-16-35(30-9-7-29(8-10-30)32-24-47(25-32)39(40)41)36(37)38-44-46-48(45-38)23-28-5-14-34(52-2)15-6-28/h3-16,26,32,42-43H,17-25H2,1-2H3,(H3,40,41). The van der Waals surface area contributed by atoms with Gasteiger partial charge in [-0.2, -0.15) is 4.80 Å². The van der Waals surface area contributed by atoms with Gasteiger partial charge in [0.1, 0.15) is 11.5 Å². The highest BCUT2D eigenvalue weighted by molar-refractivity contribution is 7.89. The summed E-state index contributed by atoms with van der Waals surface area (Å²) in [5, 5.41) is 24.8. The van der Waals surface area contributed by atoms with Crippen molar-refractivity contribution in [2.75, 3.05) is 40.4 Å². The zero-order valence-corrected chi connectivity index (χ0v) is 30.8. The van der Waals surface area contributed by atoms with Crippen molar-refractivity contribution < 1.29 is 17.9 Å². The Hall–Kier alpha value is -5.31. The summed E-state index contributed by atoms with van der Waals surface area (Å²) in [5.74, 6) is 2.32. The maximum absolute atomic E-state index is 14.7. The van der Waals surface area contributed by atoms with Gasteiger partial charge in [0.2, 0.25) is 15.8 Å². The van der Waals surface area contributed by atoms with Crippen LogP contribution in [0.5, 0.6) is 11.5 Å². The molecule has 14 heteroatoms. The molecule has 4 aromatic carbocycles. The van der Waals surface area contributed by atoms with E-state index in [1.807, 2.05) is 77.7 Å². The lowest BCUT2D eigenvalue weighted by atomic mass is 9.87. The van der Waals surface area contributed by atoms with Crippen LogP contribution in [-0.4, -0.2) is 79.9 Å². The molecule has 2 aliphatic rings. The summed E-state index contributed by atoms with van der Waals surface area (Å²) >= 11 is 0. The number of guanidine groups is 1. The van der Waals surface area contributed by atoms with E-state index in [0.717, 1.165) is 59.5 Å². The van der Waals surface area contributed by atoms with Crippen molar-refractivity contribution in [2.45, 2.75) is 43.2 Å². The van der Waals surface area contributed by atoms with Gasteiger partial charge in [0, 0.05) is 25.6 Å². The first-order valence-corrected chi connectivity index (χ1v) is 19.3. The van der Waals surface area contributed by atoms with Crippen molar-refractivity contribution in [3.63, 3.8) is 0 Å². The third-order valence-electron chi connectivity index (χ3n) is 10.2. The number of aromatic nitrogens is 4. The molecule has 1 aromatic heterocycles. The number of sulfonamides is 1. The number of likely N-dealkylation sites (tertiary alicyclic amines) is 1. The van der Waals surface area contributed by atoms with E-state index < -0.39 is 10.0 Å². The van der Waals surface area contributed by atoms with Crippen LogP contribution in [0.15, 0.2) is 89.8 Å². The predicted molar refractivity (Wildman–Crippen MR) is 203 cm³/mol. The maximum atomic E-state index is 14.7. The monoisotopic (exact) mass is 735 g/mol. The van der Waals surface area contributed by atoms with Gasteiger partial charge in [0.05, 0.1) is 31.2 Å². The van der Waals surface area contributed by atoms with Gasteiger partial charge in [-0.15, -0.1) is 10.2 Å². The predicted octanol–water partition coefficient (Wildman–Crippen LogP) is 4.39. The van der Waals surface area contributed by atoms with Crippen molar-refractivity contribution in [1.29, 1.82) is 5.41 Å². The fourth-order valence-corrected chi connectivity index (χ4v) is 8.54. The number of ether oxygens (including phenoxy) is 2. The smallest absolute Gasteiger partial charge is 0.241 e. The molecule has 0 spiro atoms. The van der Waals surface area contributed by atoms with Crippen molar-refractivity contribution in [1.82, 2.24) is 35.1 Å². The van der Waals surface area contributed by atoms with Gasteiger partial charge in [-0.25, -0.2) is 13.1 Å². The molecule has 0 radical (unpaired) electrons. The third-order valence-corrected chi connectivity index (χ3v) is 11.7. The Labute approximate surface area is 310 Å². The van der Waals surface area contributed by atoms with E-state index in [1.54, 1.807) is 14.2 Å². The number of methoxy groups -OCH3 is 2. The average molecular weight is 736 g/mol. The molecule has 5 N–H and O–H groups in total. The maximum Gasteiger partial charge on any atom is 0.241 e. The quantitative estimate of drug-likeness (QED) is 0.100. The topological polar surface area (TPSA) is 173 Å². The summed E-state index contributed by atoms with van der Waals surface area (Å²) in [6.07, 6.45) is 2.51. The van der Waals surface area contributed by atoms with E-state index in [-0.39, 0.29) is 29.1 Å². The number of nitrogens with zero attached hydrogens (tertiary/aromatic N) is 5. The Kier molecular flexibility index (Phi) is 10.7. The molecule has 0 bridgehead atoms. The second-order valence-electron chi connectivity index (χ2n) is 13.6. The molecule has 0 atom stereocenters. The second-order valence-corrected chi connectivity index (χ2v) is 15.4. The molecule has 0 saturated carbocycles. The highest BCUT2D eigenvalue weighted by Crippen LogP contribution is 2.40. The van der Waals surface area contributed by atoms with Crippen molar-refractivity contribution >= 4 is 16.0 Å². The van der Waals surface area contributed by atoms with Gasteiger partial charge in [-0.1, -0.05) is 60.7 Å². The lowest BCUT2D eigenvalue weighted by Crippen LogP contribution is -2.51. The molecule has 2 saturated heterocycles. The SMILES string of the molecule is COc1ccc(CNS(=O)(=O)c2c(CC3CCNCC3)ccc(-c3ccc(C4CN(C(=N)N)C4)cc3)c2-c2nnn(Cc3ccc(OC)cc3)n2)cc1. The first-order valence-electron chi connectivity index (χ1n) is 17.8. The Morgan fingerprint density at radius 2 is 1.55 bits per heavy atom. The van der Waals surface area contributed by atoms with Crippen molar-refractivity contribution in [3.8, 4) is 34.0 Å². The summed E-state index contributed by atoms with van der Waals surface area (Å²) in [6.45, 7) is 3.60. The molecule has 0 amide bonds. The molecule has 5 aromatic rings. The summed E-state index contributed by atoms with van der Waals surface area (Å²) in [5.41, 5.74) is 11.2. The fourth-order valence-electron chi connectivity index (χ4n) is 7.07. The summed E-state index contributed by atoms with van der Waals surface area (Å²) < 4.78 is 43.0. The molecule has 2 aliphatic heterocycles. The molecular formula is C39H45N9O4S. The van der Waals surface area contributed by atoms with Crippen LogP contribution in [0.2, 0.25) is 0 Å². The Bertz CT molecular complexity index is 2140. The summed E-state index contributed by atoms with van der Waals surface area (Å²) in [6, 6.07) is 27.0. The molecule has 2 fully saturated rings. The van der Waals surface area contributed by atoms with Crippen LogP contribution < -0.4 is 25.2 Å². The van der Waals surface area contributed by atoms with Crippen LogP contribution in [-0.2, 0) is 29.5 Å². The second kappa shape index (κ2) is 15.7. The number of nitrogens with one attached hydrogen (secondary N) is 3. The first kappa shape index (κ1) is 36.1. The van der Waals surface area contributed by atoms with Gasteiger partial charge in [-0.3, -0.25) is 5.41 Å². The van der Waals surface area contributed by atoms with E-state index in [1.165, 1.54) is 4.80 Å². The number of nitrogens with two attached hydrogens (primary N) is 1. The zero-order chi connectivity index (χ0) is 37.0. The molecule has 276 valence electrons. The fraction of sp³-hybridized carbons (Fsp3) is 0.333. The molecule has 53 heavy (non-hydrogen) atoms. The molecule has 3 heterocycles. The van der Waals surface area contributed by atoms with Gasteiger partial charge in [0.15, 0.2) is 5.96 Å². The van der Waals surface area contributed by atoms with E-state index >= 15 is 0 Å². The van der Waals surface area contributed by atoms with E-state index in [9.17, 15) is 8.42 Å². The van der Waals surface area contributed by atoms with Gasteiger partial charge >= 0.3 is 0 Å². The van der Waals surface area contributed by atoms with Crippen molar-refractivity contribution in [2.24, 2.45) is 11.7 Å². The van der Waals surface area contributed by atoms with Gasteiger partial charge in [0.25, 0.3) is 0 Å². The average Bonchev–Trinajstić information content (AvgIpc) is 3.62. The van der Waals surface area contributed by atoms with Crippen LogP contribution in [0.1, 0.15) is 41.0 Å². The lowest BCUT2D eigenvalue weighted by Gasteiger charge is -2.39. The molecule has 13 nitrogen and oxygen atoms in total. The number of benzene rings is 4. The van der Waals surface area contributed by atoms with Crippen molar-refractivity contribution in [3.05, 3.63) is 107 Å². The molecule has 7 rings (SSSR count). The minimum absolute atomic E-state index is 0.0777. The van der Waals surface area contributed by atoms with Crippen LogP contribution in [0.25, 0.3) is 22.5 Å². The largest absolute Gasteiger partial charge is 0.497 e. The van der Waals surface area contributed by atoms with Crippen LogP contribution in [0.4, 0.5) is 0 Å². The number of rotatable bonds is 13. The Morgan fingerprint density at radius 3 is 2.17 bits per heavy atom. The molecular weight excluding hydrogens is 691 g/mol. The zero-order valence-electron chi connectivity index (χ0n) is 30.0. The Morgan fingerprint density at radius 1 is 0.906 bits per heavy atom.